The lowest BCUT2D eigenvalue weighted by Crippen LogP contribution is -2.29. The van der Waals surface area contributed by atoms with Gasteiger partial charge < -0.3 is 15.0 Å². The van der Waals surface area contributed by atoms with Crippen molar-refractivity contribution in [1.82, 2.24) is 14.9 Å². The van der Waals surface area contributed by atoms with Gasteiger partial charge in [-0.1, -0.05) is 23.7 Å². The number of nitrogens with one attached hydrogen (secondary N) is 1. The lowest BCUT2D eigenvalue weighted by Gasteiger charge is -2.16. The maximum atomic E-state index is 12.5. The molecule has 6 nitrogen and oxygen atoms in total. The number of hydrogen-bond acceptors (Lipinski definition) is 3. The topological polar surface area (TPSA) is 86.3 Å². The van der Waals surface area contributed by atoms with E-state index in [1.54, 1.807) is 17.3 Å². The van der Waals surface area contributed by atoms with E-state index in [0.717, 1.165) is 18.4 Å². The lowest BCUT2D eigenvalue weighted by molar-refractivity contribution is -0.141. The number of benzene rings is 1. The molecule has 1 fully saturated rings. The molecule has 0 aliphatic carbocycles. The number of aryl methyl sites for hydroxylation is 1. The number of aromatic nitrogens is 2. The third-order valence-electron chi connectivity index (χ3n) is 4.63. The third kappa shape index (κ3) is 4.20. The molecule has 7 heteroatoms. The molecule has 1 aliphatic heterocycles. The van der Waals surface area contributed by atoms with E-state index in [4.69, 9.17) is 11.6 Å². The fourth-order valence-electron chi connectivity index (χ4n) is 3.27. The molecule has 0 bridgehead atoms. The summed E-state index contributed by atoms with van der Waals surface area (Å²) in [6, 6.07) is 7.58. The highest BCUT2D eigenvalue weighted by atomic mass is 35.5. The van der Waals surface area contributed by atoms with Crippen LogP contribution in [0.2, 0.25) is 5.02 Å². The number of halogens is 1. The maximum Gasteiger partial charge on any atom is 0.309 e. The fourth-order valence-corrected chi connectivity index (χ4v) is 3.39. The second-order valence-electron chi connectivity index (χ2n) is 6.30. The van der Waals surface area contributed by atoms with E-state index in [1.165, 1.54) is 0 Å². The number of carboxylic acid groups (broad SMARTS) is 1. The van der Waals surface area contributed by atoms with Crippen LogP contribution in [0.5, 0.6) is 0 Å². The molecule has 1 amide bonds. The number of likely N-dealkylation sites (tertiary alicyclic amines) is 1. The summed E-state index contributed by atoms with van der Waals surface area (Å²) in [5, 5.41) is 10.1. The number of carbonyl (C=O) groups is 2. The van der Waals surface area contributed by atoms with Crippen molar-refractivity contribution in [3.63, 3.8) is 0 Å². The van der Waals surface area contributed by atoms with E-state index < -0.39 is 11.9 Å². The molecule has 2 aromatic rings. The van der Waals surface area contributed by atoms with Gasteiger partial charge in [0, 0.05) is 42.8 Å². The van der Waals surface area contributed by atoms with Gasteiger partial charge in [0.25, 0.3) is 0 Å². The van der Waals surface area contributed by atoms with Crippen LogP contribution in [0.4, 0.5) is 0 Å². The molecule has 3 rings (SSSR count). The van der Waals surface area contributed by atoms with Gasteiger partial charge in [-0.2, -0.15) is 0 Å². The summed E-state index contributed by atoms with van der Waals surface area (Å²) < 4.78 is 0. The Kier molecular flexibility index (Phi) is 5.38. The van der Waals surface area contributed by atoms with Gasteiger partial charge in [0.1, 0.15) is 5.82 Å². The van der Waals surface area contributed by atoms with Crippen molar-refractivity contribution in [2.75, 3.05) is 13.1 Å². The van der Waals surface area contributed by atoms with Gasteiger partial charge in [-0.05, 0) is 30.5 Å². The van der Waals surface area contributed by atoms with Gasteiger partial charge in [-0.25, -0.2) is 4.98 Å². The van der Waals surface area contributed by atoms with Crippen LogP contribution in [0.25, 0.3) is 0 Å². The first-order valence-corrected chi connectivity index (χ1v) is 8.66. The van der Waals surface area contributed by atoms with Crippen LogP contribution in [-0.2, 0) is 16.0 Å². The van der Waals surface area contributed by atoms with E-state index >= 15 is 0 Å². The van der Waals surface area contributed by atoms with Crippen molar-refractivity contribution in [3.05, 3.63) is 53.1 Å². The molecule has 25 heavy (non-hydrogen) atoms. The standard InChI is InChI=1S/C18H20ClN3O3/c19-13-6-4-12(5-7-13)2-1-3-16(23)22-10-14(15(11-22)18(24)25)17-20-8-9-21-17/h4-9,14-15H,1-3,10-11H2,(H,20,21)(H,24,25)/t14-,15-/m1/s1. The zero-order valence-electron chi connectivity index (χ0n) is 13.7. The molecule has 1 saturated heterocycles. The summed E-state index contributed by atoms with van der Waals surface area (Å²) in [5.41, 5.74) is 1.13. The largest absolute Gasteiger partial charge is 0.481 e. The number of carboxylic acids is 1. The number of aliphatic carboxylic acids is 1. The predicted octanol–water partition coefficient (Wildman–Crippen LogP) is 2.71. The van der Waals surface area contributed by atoms with Gasteiger partial charge in [0.2, 0.25) is 5.91 Å². The summed E-state index contributed by atoms with van der Waals surface area (Å²) in [4.78, 5) is 32.7. The molecule has 1 aromatic carbocycles. The Bertz CT molecular complexity index is 731. The molecule has 2 atom stereocenters. The number of amides is 1. The van der Waals surface area contributed by atoms with Crippen LogP contribution in [0.1, 0.15) is 30.1 Å². The van der Waals surface area contributed by atoms with Crippen LogP contribution >= 0.6 is 11.6 Å². The molecule has 0 radical (unpaired) electrons. The van der Waals surface area contributed by atoms with Crippen LogP contribution in [0.3, 0.4) is 0 Å². The predicted molar refractivity (Wildman–Crippen MR) is 93.4 cm³/mol. The second-order valence-corrected chi connectivity index (χ2v) is 6.74. The van der Waals surface area contributed by atoms with Crippen molar-refractivity contribution in [3.8, 4) is 0 Å². The Balaban J connectivity index is 1.55. The summed E-state index contributed by atoms with van der Waals surface area (Å²) in [5.74, 6) is -1.17. The molecule has 2 N–H and O–H groups in total. The number of nitrogens with zero attached hydrogens (tertiary/aromatic N) is 2. The summed E-state index contributed by atoms with van der Waals surface area (Å²) in [7, 11) is 0. The quantitative estimate of drug-likeness (QED) is 0.828. The Hall–Kier alpha value is -2.34. The highest BCUT2D eigenvalue weighted by Crippen LogP contribution is 2.31. The molecule has 0 unspecified atom stereocenters. The van der Waals surface area contributed by atoms with Crippen LogP contribution < -0.4 is 0 Å². The van der Waals surface area contributed by atoms with E-state index in [0.29, 0.717) is 23.8 Å². The van der Waals surface area contributed by atoms with E-state index in [9.17, 15) is 14.7 Å². The molecular formula is C18H20ClN3O3. The number of hydrogen-bond donors (Lipinski definition) is 2. The normalized spacial score (nSPS) is 20.0. The van der Waals surface area contributed by atoms with Gasteiger partial charge in [-0.15, -0.1) is 0 Å². The maximum absolute atomic E-state index is 12.5. The average molecular weight is 362 g/mol. The molecule has 0 spiro atoms. The van der Waals surface area contributed by atoms with Crippen molar-refractivity contribution in [2.24, 2.45) is 5.92 Å². The number of rotatable bonds is 6. The smallest absolute Gasteiger partial charge is 0.309 e. The number of imidazole rings is 1. The molecule has 1 aromatic heterocycles. The Morgan fingerprint density at radius 3 is 2.68 bits per heavy atom. The highest BCUT2D eigenvalue weighted by molar-refractivity contribution is 6.30. The average Bonchev–Trinajstić information content (AvgIpc) is 3.25. The van der Waals surface area contributed by atoms with Crippen LogP contribution in [0, 0.1) is 5.92 Å². The SMILES string of the molecule is O=C(O)[C@@H]1CN(C(=O)CCCc2ccc(Cl)cc2)C[C@H]1c1ncc[nH]1. The summed E-state index contributed by atoms with van der Waals surface area (Å²) in [6.45, 7) is 0.630. The van der Waals surface area contributed by atoms with E-state index in [-0.39, 0.29) is 18.4 Å². The summed E-state index contributed by atoms with van der Waals surface area (Å²) >= 11 is 5.86. The van der Waals surface area contributed by atoms with Crippen molar-refractivity contribution < 1.29 is 14.7 Å². The second kappa shape index (κ2) is 7.70. The van der Waals surface area contributed by atoms with E-state index in [2.05, 4.69) is 9.97 Å². The fraction of sp³-hybridized carbons (Fsp3) is 0.389. The molecule has 0 saturated carbocycles. The number of H-pyrrole nitrogens is 1. The molecular weight excluding hydrogens is 342 g/mol. The first-order valence-electron chi connectivity index (χ1n) is 8.29. The minimum atomic E-state index is -0.891. The zero-order chi connectivity index (χ0) is 17.8. The lowest BCUT2D eigenvalue weighted by atomic mass is 9.96. The van der Waals surface area contributed by atoms with Crippen LogP contribution in [-0.4, -0.2) is 44.9 Å². The number of carbonyl (C=O) groups excluding carboxylic acids is 1. The Labute approximate surface area is 150 Å². The van der Waals surface area contributed by atoms with Gasteiger partial charge in [0.05, 0.1) is 5.92 Å². The molecule has 132 valence electrons. The minimum Gasteiger partial charge on any atom is -0.481 e. The van der Waals surface area contributed by atoms with Gasteiger partial charge >= 0.3 is 5.97 Å². The zero-order valence-corrected chi connectivity index (χ0v) is 14.4. The third-order valence-corrected chi connectivity index (χ3v) is 4.88. The first kappa shape index (κ1) is 17.5. The molecule has 2 heterocycles. The van der Waals surface area contributed by atoms with Crippen molar-refractivity contribution in [1.29, 1.82) is 0 Å². The minimum absolute atomic E-state index is 0.00531. The highest BCUT2D eigenvalue weighted by Gasteiger charge is 2.41. The number of aromatic amines is 1. The Morgan fingerprint density at radius 2 is 2.04 bits per heavy atom. The Morgan fingerprint density at radius 1 is 1.28 bits per heavy atom. The van der Waals surface area contributed by atoms with Gasteiger partial charge in [0.15, 0.2) is 0 Å². The van der Waals surface area contributed by atoms with Crippen molar-refractivity contribution in [2.45, 2.75) is 25.2 Å². The first-order chi connectivity index (χ1) is 12.0. The van der Waals surface area contributed by atoms with E-state index in [1.807, 2.05) is 24.3 Å². The molecule has 1 aliphatic rings. The van der Waals surface area contributed by atoms with Gasteiger partial charge in [-0.3, -0.25) is 9.59 Å². The van der Waals surface area contributed by atoms with Crippen molar-refractivity contribution >= 4 is 23.5 Å². The van der Waals surface area contributed by atoms with Crippen LogP contribution in [0.15, 0.2) is 36.7 Å². The summed E-state index contributed by atoms with van der Waals surface area (Å²) in [6.07, 6.45) is 5.19. The monoisotopic (exact) mass is 361 g/mol.